The predicted octanol–water partition coefficient (Wildman–Crippen LogP) is 0.982. The molecular weight excluding hydrogens is 271 g/mol. The van der Waals surface area contributed by atoms with Crippen LogP contribution in [-0.2, 0) is 16.0 Å². The van der Waals surface area contributed by atoms with Crippen LogP contribution in [0.2, 0.25) is 0 Å². The Morgan fingerprint density at radius 1 is 1.29 bits per heavy atom. The van der Waals surface area contributed by atoms with E-state index in [1.807, 2.05) is 6.07 Å². The lowest BCUT2D eigenvalue weighted by Gasteiger charge is -2.15. The smallest absolute Gasteiger partial charge is 0.128 e. The maximum absolute atomic E-state index is 14.1. The molecule has 4 nitrogen and oxygen atoms in total. The highest BCUT2D eigenvalue weighted by atomic mass is 19.1. The molecule has 2 rings (SSSR count). The van der Waals surface area contributed by atoms with Gasteiger partial charge in [-0.2, -0.15) is 0 Å². The largest absolute Gasteiger partial charge is 0.377 e. The van der Waals surface area contributed by atoms with Gasteiger partial charge in [0.15, 0.2) is 0 Å². The second kappa shape index (κ2) is 7.53. The van der Waals surface area contributed by atoms with Crippen molar-refractivity contribution >= 4 is 0 Å². The van der Waals surface area contributed by atoms with Crippen LogP contribution in [0.4, 0.5) is 4.39 Å². The van der Waals surface area contributed by atoms with Crippen molar-refractivity contribution in [1.82, 2.24) is 4.90 Å². The van der Waals surface area contributed by atoms with Crippen LogP contribution in [0.5, 0.6) is 0 Å². The van der Waals surface area contributed by atoms with Crippen molar-refractivity contribution in [2.75, 3.05) is 33.9 Å². The molecule has 1 aromatic carbocycles. The van der Waals surface area contributed by atoms with E-state index in [9.17, 15) is 4.39 Å². The number of methoxy groups -OCH3 is 2. The normalized spacial score (nSPS) is 22.1. The Balaban J connectivity index is 2.03. The fraction of sp³-hybridized carbons (Fsp3) is 0.500. The number of nitrogens with two attached hydrogens (primary N) is 1. The van der Waals surface area contributed by atoms with Crippen LogP contribution in [0.25, 0.3) is 0 Å². The molecule has 1 aliphatic rings. The standard InChI is InChI=1S/C16H21FN2O2/c1-20-15-10-19(11-16(15)21-2)9-13-6-5-12(4-3-7-18)8-14(13)17/h5-6,8,15-16H,7,9-11,18H2,1-2H3. The quantitative estimate of drug-likeness (QED) is 0.841. The molecule has 2 unspecified atom stereocenters. The SMILES string of the molecule is COC1CN(Cc2ccc(C#CCN)cc2F)CC1OC. The van der Waals surface area contributed by atoms with Gasteiger partial charge in [0.25, 0.3) is 0 Å². The number of benzene rings is 1. The van der Waals surface area contributed by atoms with Crippen LogP contribution < -0.4 is 5.73 Å². The lowest BCUT2D eigenvalue weighted by molar-refractivity contribution is -0.00461. The van der Waals surface area contributed by atoms with E-state index in [4.69, 9.17) is 15.2 Å². The number of likely N-dealkylation sites (tertiary alicyclic amines) is 1. The van der Waals surface area contributed by atoms with E-state index in [0.29, 0.717) is 17.7 Å². The van der Waals surface area contributed by atoms with Crippen molar-refractivity contribution in [3.63, 3.8) is 0 Å². The molecular formula is C16H21FN2O2. The van der Waals surface area contributed by atoms with Gasteiger partial charge in [0.1, 0.15) is 5.82 Å². The molecule has 0 bridgehead atoms. The van der Waals surface area contributed by atoms with Crippen molar-refractivity contribution in [2.45, 2.75) is 18.8 Å². The van der Waals surface area contributed by atoms with E-state index in [1.54, 1.807) is 20.3 Å². The molecule has 0 aromatic heterocycles. The van der Waals surface area contributed by atoms with Gasteiger partial charge >= 0.3 is 0 Å². The molecule has 0 aliphatic carbocycles. The minimum absolute atomic E-state index is 0.0350. The summed E-state index contributed by atoms with van der Waals surface area (Å²) in [5, 5.41) is 0. The van der Waals surface area contributed by atoms with Crippen LogP contribution in [0.1, 0.15) is 11.1 Å². The van der Waals surface area contributed by atoms with Crippen molar-refractivity contribution in [1.29, 1.82) is 0 Å². The molecule has 1 aromatic rings. The second-order valence-corrected chi connectivity index (χ2v) is 5.05. The van der Waals surface area contributed by atoms with Gasteiger partial charge in [-0.05, 0) is 12.1 Å². The topological polar surface area (TPSA) is 47.7 Å². The van der Waals surface area contributed by atoms with Gasteiger partial charge in [-0.1, -0.05) is 17.9 Å². The lowest BCUT2D eigenvalue weighted by atomic mass is 10.1. The molecule has 5 heteroatoms. The Morgan fingerprint density at radius 2 is 1.95 bits per heavy atom. The van der Waals surface area contributed by atoms with Gasteiger partial charge in [0, 0.05) is 45.0 Å². The average molecular weight is 292 g/mol. The third-order valence-corrected chi connectivity index (χ3v) is 3.68. The monoisotopic (exact) mass is 292 g/mol. The van der Waals surface area contributed by atoms with Gasteiger partial charge in [-0.15, -0.1) is 0 Å². The average Bonchev–Trinajstić information content (AvgIpc) is 2.89. The first-order valence-electron chi connectivity index (χ1n) is 6.93. The summed E-state index contributed by atoms with van der Waals surface area (Å²) < 4.78 is 24.9. The zero-order chi connectivity index (χ0) is 15.2. The van der Waals surface area contributed by atoms with Crippen LogP contribution in [0.3, 0.4) is 0 Å². The zero-order valence-electron chi connectivity index (χ0n) is 12.4. The summed E-state index contributed by atoms with van der Waals surface area (Å²) in [6, 6.07) is 5.05. The van der Waals surface area contributed by atoms with Crippen molar-refractivity contribution in [2.24, 2.45) is 5.73 Å². The van der Waals surface area contributed by atoms with E-state index in [-0.39, 0.29) is 24.6 Å². The highest BCUT2D eigenvalue weighted by molar-refractivity contribution is 5.37. The Labute approximate surface area is 125 Å². The highest BCUT2D eigenvalue weighted by Gasteiger charge is 2.32. The lowest BCUT2D eigenvalue weighted by Crippen LogP contribution is -2.27. The molecule has 0 spiro atoms. The van der Waals surface area contributed by atoms with Gasteiger partial charge in [-0.25, -0.2) is 4.39 Å². The first kappa shape index (κ1) is 15.9. The van der Waals surface area contributed by atoms with E-state index in [1.165, 1.54) is 6.07 Å². The van der Waals surface area contributed by atoms with Crippen LogP contribution in [0, 0.1) is 17.7 Å². The maximum Gasteiger partial charge on any atom is 0.128 e. The summed E-state index contributed by atoms with van der Waals surface area (Å²) in [5.74, 6) is 5.31. The number of ether oxygens (including phenoxy) is 2. The van der Waals surface area contributed by atoms with Gasteiger partial charge < -0.3 is 15.2 Å². The van der Waals surface area contributed by atoms with Gasteiger partial charge in [0.05, 0.1) is 18.8 Å². The molecule has 0 amide bonds. The maximum atomic E-state index is 14.1. The summed E-state index contributed by atoms with van der Waals surface area (Å²) in [7, 11) is 3.34. The Kier molecular flexibility index (Phi) is 5.71. The molecule has 0 saturated carbocycles. The number of nitrogens with zero attached hydrogens (tertiary/aromatic N) is 1. The summed E-state index contributed by atoms with van der Waals surface area (Å²) in [4.78, 5) is 2.13. The Bertz CT molecular complexity index is 527. The minimum atomic E-state index is -0.242. The Hall–Kier alpha value is -1.45. The molecule has 114 valence electrons. The third-order valence-electron chi connectivity index (χ3n) is 3.68. The predicted molar refractivity (Wildman–Crippen MR) is 79.2 cm³/mol. The van der Waals surface area contributed by atoms with Crippen LogP contribution in [0.15, 0.2) is 18.2 Å². The van der Waals surface area contributed by atoms with Crippen LogP contribution >= 0.6 is 0 Å². The molecule has 2 N–H and O–H groups in total. The van der Waals surface area contributed by atoms with E-state index >= 15 is 0 Å². The second-order valence-electron chi connectivity index (χ2n) is 5.05. The van der Waals surface area contributed by atoms with E-state index < -0.39 is 0 Å². The molecule has 1 saturated heterocycles. The van der Waals surface area contributed by atoms with E-state index in [0.717, 1.165) is 13.1 Å². The van der Waals surface area contributed by atoms with E-state index in [2.05, 4.69) is 16.7 Å². The molecule has 2 atom stereocenters. The molecule has 21 heavy (non-hydrogen) atoms. The molecule has 1 fully saturated rings. The van der Waals surface area contributed by atoms with Crippen molar-refractivity contribution < 1.29 is 13.9 Å². The fourth-order valence-electron chi connectivity index (χ4n) is 2.55. The summed E-state index contributed by atoms with van der Waals surface area (Å²) in [6.45, 7) is 2.29. The molecule has 1 aliphatic heterocycles. The van der Waals surface area contributed by atoms with Crippen LogP contribution in [-0.4, -0.2) is 51.0 Å². The summed E-state index contributed by atoms with van der Waals surface area (Å²) in [6.07, 6.45) is 0.0699. The molecule has 0 radical (unpaired) electrons. The fourth-order valence-corrected chi connectivity index (χ4v) is 2.55. The highest BCUT2D eigenvalue weighted by Crippen LogP contribution is 2.20. The third kappa shape index (κ3) is 4.02. The summed E-state index contributed by atoms with van der Waals surface area (Å²) in [5.41, 5.74) is 6.61. The first-order valence-corrected chi connectivity index (χ1v) is 6.93. The summed E-state index contributed by atoms with van der Waals surface area (Å²) >= 11 is 0. The number of rotatable bonds is 4. The van der Waals surface area contributed by atoms with Crippen molar-refractivity contribution in [3.05, 3.63) is 35.1 Å². The van der Waals surface area contributed by atoms with Gasteiger partial charge in [0.2, 0.25) is 0 Å². The number of hydrogen-bond donors (Lipinski definition) is 1. The van der Waals surface area contributed by atoms with Gasteiger partial charge in [-0.3, -0.25) is 4.90 Å². The zero-order valence-corrected chi connectivity index (χ0v) is 12.4. The number of halogens is 1. The van der Waals surface area contributed by atoms with Crippen molar-refractivity contribution in [3.8, 4) is 11.8 Å². The first-order chi connectivity index (χ1) is 10.2. The minimum Gasteiger partial charge on any atom is -0.377 e. The number of hydrogen-bond acceptors (Lipinski definition) is 4. The molecule has 1 heterocycles. The Morgan fingerprint density at radius 3 is 2.48 bits per heavy atom.